The van der Waals surface area contributed by atoms with Gasteiger partial charge in [0.25, 0.3) is 5.56 Å². The van der Waals surface area contributed by atoms with Gasteiger partial charge in [-0.25, -0.2) is 4.98 Å². The first-order valence-corrected chi connectivity index (χ1v) is 7.75. The molecule has 1 saturated heterocycles. The van der Waals surface area contributed by atoms with Crippen LogP contribution >= 0.6 is 15.9 Å². The minimum absolute atomic E-state index is 0.0370. The third-order valence-corrected chi connectivity index (χ3v) is 5.03. The molecule has 0 N–H and O–H groups in total. The highest BCUT2D eigenvalue weighted by atomic mass is 79.9. The number of anilines is 1. The molecular formula is C15H16BrN3O. The molecule has 0 amide bonds. The molecule has 2 aliphatic rings. The summed E-state index contributed by atoms with van der Waals surface area (Å²) in [5.41, 5.74) is 1.90. The van der Waals surface area contributed by atoms with Crippen LogP contribution in [-0.4, -0.2) is 22.6 Å². The van der Waals surface area contributed by atoms with E-state index in [-0.39, 0.29) is 5.56 Å². The molecule has 2 unspecified atom stereocenters. The number of hydrogen-bond acceptors (Lipinski definition) is 3. The summed E-state index contributed by atoms with van der Waals surface area (Å²) >= 11 is 3.45. The van der Waals surface area contributed by atoms with Crippen molar-refractivity contribution in [3.63, 3.8) is 0 Å². The summed E-state index contributed by atoms with van der Waals surface area (Å²) in [6.07, 6.45) is 1.35. The predicted molar refractivity (Wildman–Crippen MR) is 83.2 cm³/mol. The number of hydrogen-bond donors (Lipinski definition) is 0. The number of aryl methyl sites for hydroxylation is 1. The monoisotopic (exact) mass is 333 g/mol. The number of aromatic nitrogens is 2. The molecular weight excluding hydrogens is 318 g/mol. The Kier molecular flexibility index (Phi) is 2.52. The molecule has 1 aliphatic carbocycles. The van der Waals surface area contributed by atoms with Crippen molar-refractivity contribution in [3.8, 4) is 0 Å². The van der Waals surface area contributed by atoms with E-state index < -0.39 is 0 Å². The lowest BCUT2D eigenvalue weighted by molar-refractivity contribution is 0.730. The highest BCUT2D eigenvalue weighted by Gasteiger charge is 2.46. The summed E-state index contributed by atoms with van der Waals surface area (Å²) in [6, 6.07) is 3.88. The number of fused-ring (bicyclic) bond motifs is 2. The number of nitrogens with zero attached hydrogens (tertiary/aromatic N) is 3. The van der Waals surface area contributed by atoms with Crippen LogP contribution in [0.15, 0.2) is 21.4 Å². The van der Waals surface area contributed by atoms with Gasteiger partial charge >= 0.3 is 0 Å². The number of rotatable bonds is 1. The van der Waals surface area contributed by atoms with Gasteiger partial charge in [-0.1, -0.05) is 15.9 Å². The van der Waals surface area contributed by atoms with Crippen molar-refractivity contribution in [1.29, 1.82) is 0 Å². The van der Waals surface area contributed by atoms with Crippen LogP contribution < -0.4 is 10.5 Å². The molecule has 2 atom stereocenters. The van der Waals surface area contributed by atoms with Crippen molar-refractivity contribution in [2.24, 2.45) is 18.9 Å². The fraction of sp³-hybridized carbons (Fsp3) is 0.467. The minimum Gasteiger partial charge on any atom is -0.342 e. The van der Waals surface area contributed by atoms with Crippen LogP contribution in [0.1, 0.15) is 12.0 Å². The van der Waals surface area contributed by atoms with Crippen molar-refractivity contribution >= 4 is 32.8 Å². The quantitative estimate of drug-likeness (QED) is 0.804. The van der Waals surface area contributed by atoms with Gasteiger partial charge in [0.2, 0.25) is 5.95 Å². The van der Waals surface area contributed by atoms with E-state index in [0.717, 1.165) is 46.4 Å². The van der Waals surface area contributed by atoms with Crippen LogP contribution in [0.3, 0.4) is 0 Å². The molecule has 2 fully saturated rings. The zero-order chi connectivity index (χ0) is 14.0. The summed E-state index contributed by atoms with van der Waals surface area (Å²) in [5.74, 6) is 2.47. The molecule has 5 heteroatoms. The van der Waals surface area contributed by atoms with Gasteiger partial charge in [0.15, 0.2) is 0 Å². The molecule has 2 heterocycles. The van der Waals surface area contributed by atoms with Gasteiger partial charge < -0.3 is 4.90 Å². The van der Waals surface area contributed by atoms with Crippen molar-refractivity contribution < 1.29 is 0 Å². The molecule has 20 heavy (non-hydrogen) atoms. The molecule has 4 rings (SSSR count). The van der Waals surface area contributed by atoms with Gasteiger partial charge in [0.1, 0.15) is 0 Å². The Bertz CT molecular complexity index is 773. The topological polar surface area (TPSA) is 38.1 Å². The van der Waals surface area contributed by atoms with Crippen LogP contribution in [0.4, 0.5) is 5.95 Å². The molecule has 0 radical (unpaired) electrons. The van der Waals surface area contributed by atoms with E-state index in [1.54, 1.807) is 4.57 Å². The third kappa shape index (κ3) is 1.72. The first kappa shape index (κ1) is 12.4. The average Bonchev–Trinajstić information content (AvgIpc) is 3.01. The molecule has 1 saturated carbocycles. The Morgan fingerprint density at radius 3 is 2.70 bits per heavy atom. The SMILES string of the molecule is Cc1cc(Br)cc2c(=O)n(C)c(N3CC4CC4C3)nc12. The molecule has 0 spiro atoms. The Labute approximate surface area is 125 Å². The van der Waals surface area contributed by atoms with E-state index in [1.807, 2.05) is 26.1 Å². The maximum absolute atomic E-state index is 12.6. The van der Waals surface area contributed by atoms with Crippen molar-refractivity contribution in [2.75, 3.05) is 18.0 Å². The van der Waals surface area contributed by atoms with Crippen LogP contribution in [0, 0.1) is 18.8 Å². The highest BCUT2D eigenvalue weighted by molar-refractivity contribution is 9.10. The van der Waals surface area contributed by atoms with Crippen LogP contribution in [0.5, 0.6) is 0 Å². The molecule has 104 valence electrons. The van der Waals surface area contributed by atoms with Crippen LogP contribution in [0.2, 0.25) is 0 Å². The Morgan fingerprint density at radius 1 is 1.30 bits per heavy atom. The van der Waals surface area contributed by atoms with E-state index in [0.29, 0.717) is 5.39 Å². The first-order chi connectivity index (χ1) is 9.54. The lowest BCUT2D eigenvalue weighted by Crippen LogP contribution is -2.31. The summed E-state index contributed by atoms with van der Waals surface area (Å²) in [6.45, 7) is 4.10. The smallest absolute Gasteiger partial charge is 0.262 e. The van der Waals surface area contributed by atoms with Crippen molar-refractivity contribution in [3.05, 3.63) is 32.5 Å². The van der Waals surface area contributed by atoms with Gasteiger partial charge in [-0.2, -0.15) is 0 Å². The van der Waals surface area contributed by atoms with Crippen molar-refractivity contribution in [2.45, 2.75) is 13.3 Å². The van der Waals surface area contributed by atoms with E-state index >= 15 is 0 Å². The number of piperidine rings is 1. The van der Waals surface area contributed by atoms with Gasteiger partial charge in [-0.3, -0.25) is 9.36 Å². The summed E-state index contributed by atoms with van der Waals surface area (Å²) < 4.78 is 2.62. The van der Waals surface area contributed by atoms with Gasteiger partial charge in [0.05, 0.1) is 10.9 Å². The van der Waals surface area contributed by atoms with E-state index in [4.69, 9.17) is 4.98 Å². The summed E-state index contributed by atoms with van der Waals surface area (Å²) in [7, 11) is 1.82. The Balaban J connectivity index is 1.94. The first-order valence-electron chi connectivity index (χ1n) is 6.96. The van der Waals surface area contributed by atoms with Gasteiger partial charge in [-0.15, -0.1) is 0 Å². The normalized spacial score (nSPS) is 24.2. The predicted octanol–water partition coefficient (Wildman–Crippen LogP) is 2.46. The standard InChI is InChI=1S/C15H16BrN3O/c1-8-3-11(16)5-12-13(8)17-15(18(2)14(12)20)19-6-9-4-10(9)7-19/h3,5,9-10H,4,6-7H2,1-2H3. The van der Waals surface area contributed by atoms with Crippen molar-refractivity contribution in [1.82, 2.24) is 9.55 Å². The van der Waals surface area contributed by atoms with Gasteiger partial charge in [-0.05, 0) is 42.9 Å². The lowest BCUT2D eigenvalue weighted by atomic mass is 10.1. The summed E-state index contributed by atoms with van der Waals surface area (Å²) in [5, 5.41) is 0.687. The maximum atomic E-state index is 12.6. The zero-order valence-electron chi connectivity index (χ0n) is 11.6. The minimum atomic E-state index is 0.0370. The second-order valence-electron chi connectivity index (χ2n) is 6.06. The molecule has 2 aromatic rings. The Hall–Kier alpha value is -1.36. The molecule has 1 aliphatic heterocycles. The molecule has 1 aromatic heterocycles. The molecule has 0 bridgehead atoms. The average molecular weight is 334 g/mol. The van der Waals surface area contributed by atoms with E-state index in [2.05, 4.69) is 20.8 Å². The Morgan fingerprint density at radius 2 is 2.00 bits per heavy atom. The van der Waals surface area contributed by atoms with Crippen LogP contribution in [0.25, 0.3) is 10.9 Å². The second kappa shape index (κ2) is 4.07. The highest BCUT2D eigenvalue weighted by Crippen LogP contribution is 2.45. The number of benzene rings is 1. The fourth-order valence-corrected chi connectivity index (χ4v) is 3.91. The zero-order valence-corrected chi connectivity index (χ0v) is 13.1. The number of halogens is 1. The van der Waals surface area contributed by atoms with E-state index in [9.17, 15) is 4.79 Å². The van der Waals surface area contributed by atoms with E-state index in [1.165, 1.54) is 6.42 Å². The third-order valence-electron chi connectivity index (χ3n) is 4.57. The fourth-order valence-electron chi connectivity index (χ4n) is 3.34. The lowest BCUT2D eigenvalue weighted by Gasteiger charge is -2.22. The molecule has 1 aromatic carbocycles. The van der Waals surface area contributed by atoms with Crippen LogP contribution in [-0.2, 0) is 7.05 Å². The maximum Gasteiger partial charge on any atom is 0.262 e. The molecule has 4 nitrogen and oxygen atoms in total. The second-order valence-corrected chi connectivity index (χ2v) is 6.97. The van der Waals surface area contributed by atoms with Gasteiger partial charge in [0, 0.05) is 24.6 Å². The largest absolute Gasteiger partial charge is 0.342 e. The summed E-state index contributed by atoms with van der Waals surface area (Å²) in [4.78, 5) is 19.6.